The second kappa shape index (κ2) is 7.98. The topological polar surface area (TPSA) is 77.2 Å². The minimum atomic E-state index is -0.0474. The van der Waals surface area contributed by atoms with Gasteiger partial charge in [-0.1, -0.05) is 18.2 Å². The molecule has 2 aromatic carbocycles. The maximum atomic E-state index is 13.1. The number of carbonyl (C=O) groups excluding carboxylic acids is 1. The summed E-state index contributed by atoms with van der Waals surface area (Å²) in [6, 6.07) is 17.8. The number of hydrogen-bond acceptors (Lipinski definition) is 4. The van der Waals surface area contributed by atoms with Crippen LogP contribution in [-0.4, -0.2) is 30.1 Å². The van der Waals surface area contributed by atoms with E-state index in [1.54, 1.807) is 7.11 Å². The van der Waals surface area contributed by atoms with Gasteiger partial charge in [-0.2, -0.15) is 0 Å². The van der Waals surface area contributed by atoms with Gasteiger partial charge in [0.1, 0.15) is 5.75 Å². The summed E-state index contributed by atoms with van der Waals surface area (Å²) in [6.45, 7) is 0. The second-order valence-electron chi connectivity index (χ2n) is 7.39. The molecule has 0 atom stereocenters. The molecule has 0 unspecified atom stereocenters. The standard InChI is InChI=1S/C23H25N3O2/c1-28-18-12-6-15(7-13-18)22-14-20(19-4-2-3-5-21(19)26-22)23(27)25-17-10-8-16(24)9-11-17/h2-7,12-14,16-17H,8-11,24H2,1H3,(H,25,27). The molecule has 0 saturated heterocycles. The third kappa shape index (κ3) is 3.85. The maximum Gasteiger partial charge on any atom is 0.252 e. The van der Waals surface area contributed by atoms with Gasteiger partial charge in [0.05, 0.1) is 23.9 Å². The first kappa shape index (κ1) is 18.4. The molecule has 5 nitrogen and oxygen atoms in total. The molecule has 3 N–H and O–H groups in total. The van der Waals surface area contributed by atoms with Gasteiger partial charge in [0.2, 0.25) is 0 Å². The Morgan fingerprint density at radius 1 is 1.07 bits per heavy atom. The number of aromatic nitrogens is 1. The number of methoxy groups -OCH3 is 1. The van der Waals surface area contributed by atoms with Crippen molar-refractivity contribution in [2.24, 2.45) is 5.73 Å². The number of benzene rings is 2. The number of fused-ring (bicyclic) bond motifs is 1. The fourth-order valence-corrected chi connectivity index (χ4v) is 3.80. The predicted octanol–water partition coefficient (Wildman–Crippen LogP) is 3.91. The van der Waals surface area contributed by atoms with Crippen molar-refractivity contribution in [1.29, 1.82) is 0 Å². The van der Waals surface area contributed by atoms with Crippen molar-refractivity contribution >= 4 is 16.8 Å². The third-order valence-electron chi connectivity index (χ3n) is 5.45. The zero-order chi connectivity index (χ0) is 19.5. The van der Waals surface area contributed by atoms with Gasteiger partial charge in [-0.3, -0.25) is 4.79 Å². The Bertz CT molecular complexity index is 977. The molecule has 1 aromatic heterocycles. The van der Waals surface area contributed by atoms with E-state index in [-0.39, 0.29) is 18.0 Å². The summed E-state index contributed by atoms with van der Waals surface area (Å²) in [5.74, 6) is 0.742. The van der Waals surface area contributed by atoms with Crippen LogP contribution in [0.1, 0.15) is 36.0 Å². The van der Waals surface area contributed by atoms with Crippen molar-refractivity contribution in [3.05, 3.63) is 60.2 Å². The van der Waals surface area contributed by atoms with Crippen molar-refractivity contribution in [3.8, 4) is 17.0 Å². The van der Waals surface area contributed by atoms with E-state index in [2.05, 4.69) is 5.32 Å². The number of nitrogens with two attached hydrogens (primary N) is 1. The molecule has 1 fully saturated rings. The summed E-state index contributed by atoms with van der Waals surface area (Å²) in [7, 11) is 1.64. The Balaban J connectivity index is 1.68. The quantitative estimate of drug-likeness (QED) is 0.725. The Kier molecular flexibility index (Phi) is 5.26. The van der Waals surface area contributed by atoms with E-state index in [1.807, 2.05) is 54.6 Å². The van der Waals surface area contributed by atoms with Crippen LogP contribution in [0.15, 0.2) is 54.6 Å². The van der Waals surface area contributed by atoms with E-state index in [9.17, 15) is 4.79 Å². The highest BCUT2D eigenvalue weighted by atomic mass is 16.5. The lowest BCUT2D eigenvalue weighted by molar-refractivity contribution is 0.0927. The van der Waals surface area contributed by atoms with Crippen molar-refractivity contribution < 1.29 is 9.53 Å². The normalized spacial score (nSPS) is 19.4. The monoisotopic (exact) mass is 375 g/mol. The molecular weight excluding hydrogens is 350 g/mol. The highest BCUT2D eigenvalue weighted by Crippen LogP contribution is 2.27. The van der Waals surface area contributed by atoms with Crippen LogP contribution in [0, 0.1) is 0 Å². The van der Waals surface area contributed by atoms with Crippen molar-refractivity contribution in [3.63, 3.8) is 0 Å². The van der Waals surface area contributed by atoms with E-state index in [0.29, 0.717) is 5.56 Å². The molecular formula is C23H25N3O2. The smallest absolute Gasteiger partial charge is 0.252 e. The number of hydrogen-bond donors (Lipinski definition) is 2. The molecule has 28 heavy (non-hydrogen) atoms. The molecule has 0 bridgehead atoms. The summed E-state index contributed by atoms with van der Waals surface area (Å²) >= 11 is 0. The van der Waals surface area contributed by atoms with Crippen molar-refractivity contribution in [2.45, 2.75) is 37.8 Å². The summed E-state index contributed by atoms with van der Waals surface area (Å²) in [5.41, 5.74) is 9.18. The van der Waals surface area contributed by atoms with Crippen LogP contribution in [0.4, 0.5) is 0 Å². The molecule has 1 aliphatic rings. The molecule has 0 radical (unpaired) electrons. The van der Waals surface area contributed by atoms with Gasteiger partial charge >= 0.3 is 0 Å². The minimum absolute atomic E-state index is 0.0474. The van der Waals surface area contributed by atoms with Gasteiger partial charge in [-0.15, -0.1) is 0 Å². The van der Waals surface area contributed by atoms with Crippen LogP contribution in [0.25, 0.3) is 22.2 Å². The zero-order valence-corrected chi connectivity index (χ0v) is 16.0. The first-order valence-electron chi connectivity index (χ1n) is 9.74. The largest absolute Gasteiger partial charge is 0.497 e. The Morgan fingerprint density at radius 2 is 1.79 bits per heavy atom. The lowest BCUT2D eigenvalue weighted by Crippen LogP contribution is -2.40. The van der Waals surface area contributed by atoms with Gasteiger partial charge in [0.15, 0.2) is 0 Å². The lowest BCUT2D eigenvalue weighted by Gasteiger charge is -2.27. The first-order valence-corrected chi connectivity index (χ1v) is 9.74. The molecule has 4 rings (SSSR count). The number of carbonyl (C=O) groups is 1. The van der Waals surface area contributed by atoms with Crippen molar-refractivity contribution in [1.82, 2.24) is 10.3 Å². The van der Waals surface area contributed by atoms with Gasteiger partial charge in [0.25, 0.3) is 5.91 Å². The number of para-hydroxylation sites is 1. The number of nitrogens with one attached hydrogen (secondary N) is 1. The van der Waals surface area contributed by atoms with Gasteiger partial charge in [0, 0.05) is 23.0 Å². The summed E-state index contributed by atoms with van der Waals surface area (Å²) in [6.07, 6.45) is 3.78. The number of pyridine rings is 1. The Morgan fingerprint density at radius 3 is 2.50 bits per heavy atom. The van der Waals surface area contributed by atoms with Crippen molar-refractivity contribution in [2.75, 3.05) is 7.11 Å². The Hall–Kier alpha value is -2.92. The SMILES string of the molecule is COc1ccc(-c2cc(C(=O)NC3CCC(N)CC3)c3ccccc3n2)cc1. The molecule has 1 heterocycles. The summed E-state index contributed by atoms with van der Waals surface area (Å²) in [5, 5.41) is 4.07. The van der Waals surface area contributed by atoms with E-state index in [4.69, 9.17) is 15.5 Å². The number of ether oxygens (including phenoxy) is 1. The first-order chi connectivity index (χ1) is 13.6. The average molecular weight is 375 g/mol. The molecule has 1 saturated carbocycles. The van der Waals surface area contributed by atoms with Gasteiger partial charge in [-0.25, -0.2) is 4.98 Å². The van der Waals surface area contributed by atoms with E-state index < -0.39 is 0 Å². The van der Waals surface area contributed by atoms with Crippen LogP contribution in [-0.2, 0) is 0 Å². The fourth-order valence-electron chi connectivity index (χ4n) is 3.80. The van der Waals surface area contributed by atoms with Crippen LogP contribution >= 0.6 is 0 Å². The van der Waals surface area contributed by atoms with E-state index >= 15 is 0 Å². The van der Waals surface area contributed by atoms with Crippen LogP contribution in [0.3, 0.4) is 0 Å². The maximum absolute atomic E-state index is 13.1. The highest BCUT2D eigenvalue weighted by molar-refractivity contribution is 6.07. The molecule has 5 heteroatoms. The van der Waals surface area contributed by atoms with Crippen LogP contribution in [0.2, 0.25) is 0 Å². The predicted molar refractivity (Wildman–Crippen MR) is 111 cm³/mol. The zero-order valence-electron chi connectivity index (χ0n) is 16.0. The number of amides is 1. The lowest BCUT2D eigenvalue weighted by atomic mass is 9.91. The third-order valence-corrected chi connectivity index (χ3v) is 5.45. The van der Waals surface area contributed by atoms with E-state index in [1.165, 1.54) is 0 Å². The summed E-state index contributed by atoms with van der Waals surface area (Å²) < 4.78 is 5.24. The van der Waals surface area contributed by atoms with E-state index in [0.717, 1.165) is 53.6 Å². The number of rotatable bonds is 4. The number of nitrogens with zero attached hydrogens (tertiary/aromatic N) is 1. The molecule has 3 aromatic rings. The molecule has 1 amide bonds. The highest BCUT2D eigenvalue weighted by Gasteiger charge is 2.22. The Labute approximate surface area is 164 Å². The minimum Gasteiger partial charge on any atom is -0.497 e. The van der Waals surface area contributed by atoms with Crippen LogP contribution in [0.5, 0.6) is 5.75 Å². The molecule has 0 spiro atoms. The second-order valence-corrected chi connectivity index (χ2v) is 7.39. The average Bonchev–Trinajstić information content (AvgIpc) is 2.74. The molecule has 1 aliphatic carbocycles. The van der Waals surface area contributed by atoms with Crippen LogP contribution < -0.4 is 15.8 Å². The molecule has 0 aliphatic heterocycles. The van der Waals surface area contributed by atoms with Gasteiger partial charge in [-0.05, 0) is 62.1 Å². The molecule has 144 valence electrons. The summed E-state index contributed by atoms with van der Waals surface area (Å²) in [4.78, 5) is 17.9. The van der Waals surface area contributed by atoms with Gasteiger partial charge < -0.3 is 15.8 Å². The fraction of sp³-hybridized carbons (Fsp3) is 0.304.